The highest BCUT2D eigenvalue weighted by Crippen LogP contribution is 2.29. The maximum absolute atomic E-state index is 13.2. The summed E-state index contributed by atoms with van der Waals surface area (Å²) >= 11 is 0. The van der Waals surface area contributed by atoms with E-state index in [0.29, 0.717) is 18.6 Å². The molecule has 2 rings (SSSR count). The van der Waals surface area contributed by atoms with Crippen LogP contribution in [-0.4, -0.2) is 42.9 Å². The van der Waals surface area contributed by atoms with Gasteiger partial charge < -0.3 is 14.9 Å². The van der Waals surface area contributed by atoms with Crippen molar-refractivity contribution in [3.05, 3.63) is 60.2 Å². The van der Waals surface area contributed by atoms with Gasteiger partial charge in [-0.05, 0) is 49.1 Å². The average Bonchev–Trinajstić information content (AvgIpc) is 2.72. The molecule has 2 aromatic carbocycles. The minimum atomic E-state index is -4.06. The van der Waals surface area contributed by atoms with Crippen molar-refractivity contribution in [1.82, 2.24) is 0 Å². The van der Waals surface area contributed by atoms with Gasteiger partial charge in [-0.15, -0.1) is 0 Å². The molecule has 0 aliphatic carbocycles. The summed E-state index contributed by atoms with van der Waals surface area (Å²) in [4.78, 5) is 22.9. The summed E-state index contributed by atoms with van der Waals surface area (Å²) in [6.07, 6.45) is 1.16. The van der Waals surface area contributed by atoms with Gasteiger partial charge in [-0.3, -0.25) is 9.59 Å². The molecular weight excluding hydrogens is 408 g/mol. The van der Waals surface area contributed by atoms with Crippen LogP contribution in [0.15, 0.2) is 59.5 Å². The fourth-order valence-electron chi connectivity index (χ4n) is 3.40. The Hall–Kier alpha value is -2.87. The molecule has 162 valence electrons. The first-order valence-electron chi connectivity index (χ1n) is 9.62. The van der Waals surface area contributed by atoms with Gasteiger partial charge in [0.15, 0.2) is 9.84 Å². The third-order valence-electron chi connectivity index (χ3n) is 4.99. The number of aliphatic carboxylic acids is 2. The number of hydrogen-bond donors (Lipinski definition) is 2. The van der Waals surface area contributed by atoms with Gasteiger partial charge in [0.05, 0.1) is 29.6 Å². The van der Waals surface area contributed by atoms with Gasteiger partial charge in [0.2, 0.25) is 0 Å². The van der Waals surface area contributed by atoms with E-state index in [4.69, 9.17) is 9.84 Å². The Morgan fingerprint density at radius 3 is 2.13 bits per heavy atom. The predicted molar refractivity (Wildman–Crippen MR) is 111 cm³/mol. The molecule has 0 heterocycles. The Balaban J connectivity index is 2.24. The molecule has 2 atom stereocenters. The van der Waals surface area contributed by atoms with Crippen LogP contribution in [0.1, 0.15) is 31.2 Å². The lowest BCUT2D eigenvalue weighted by Gasteiger charge is -2.23. The number of unbranched alkanes of at least 4 members (excludes halogenated alkanes) is 1. The van der Waals surface area contributed by atoms with E-state index in [0.717, 1.165) is 12.0 Å². The first-order valence-corrected chi connectivity index (χ1v) is 11.2. The molecule has 0 aromatic heterocycles. The summed E-state index contributed by atoms with van der Waals surface area (Å²) in [5.41, 5.74) is 1.10. The van der Waals surface area contributed by atoms with Crippen LogP contribution in [0.5, 0.6) is 5.75 Å². The Labute approximate surface area is 176 Å². The van der Waals surface area contributed by atoms with Crippen LogP contribution < -0.4 is 4.74 Å². The van der Waals surface area contributed by atoms with Crippen molar-refractivity contribution in [2.45, 2.75) is 42.2 Å². The van der Waals surface area contributed by atoms with Crippen LogP contribution in [0.3, 0.4) is 0 Å². The summed E-state index contributed by atoms with van der Waals surface area (Å²) in [5, 5.41) is 17.4. The van der Waals surface area contributed by atoms with E-state index in [1.807, 2.05) is 30.3 Å². The molecule has 2 unspecified atom stereocenters. The molecule has 7 nitrogen and oxygen atoms in total. The molecule has 0 aliphatic heterocycles. The Kier molecular flexibility index (Phi) is 8.41. The van der Waals surface area contributed by atoms with E-state index in [-0.39, 0.29) is 11.3 Å². The van der Waals surface area contributed by atoms with Gasteiger partial charge in [-0.2, -0.15) is 0 Å². The third kappa shape index (κ3) is 6.32. The second kappa shape index (κ2) is 10.8. The van der Waals surface area contributed by atoms with Crippen LogP contribution in [0, 0.1) is 5.92 Å². The lowest BCUT2D eigenvalue weighted by atomic mass is 9.96. The highest BCUT2D eigenvalue weighted by molar-refractivity contribution is 7.92. The van der Waals surface area contributed by atoms with E-state index in [1.165, 1.54) is 31.4 Å². The lowest BCUT2D eigenvalue weighted by molar-refractivity contribution is -0.148. The van der Waals surface area contributed by atoms with Gasteiger partial charge >= 0.3 is 11.9 Å². The molecule has 8 heteroatoms. The minimum absolute atomic E-state index is 0.0481. The van der Waals surface area contributed by atoms with Gasteiger partial charge in [0.1, 0.15) is 5.75 Å². The fourth-order valence-corrected chi connectivity index (χ4v) is 5.39. The van der Waals surface area contributed by atoms with Crippen molar-refractivity contribution < 1.29 is 33.0 Å². The average molecular weight is 435 g/mol. The molecular formula is C22H26O7S. The lowest BCUT2D eigenvalue weighted by Crippen LogP contribution is -2.36. The smallest absolute Gasteiger partial charge is 0.308 e. The van der Waals surface area contributed by atoms with Gasteiger partial charge in [0.25, 0.3) is 0 Å². The number of carboxylic acids is 2. The Bertz CT molecular complexity index is 937. The van der Waals surface area contributed by atoms with Crippen LogP contribution in [0.25, 0.3) is 0 Å². The molecule has 2 aromatic rings. The van der Waals surface area contributed by atoms with E-state index >= 15 is 0 Å². The van der Waals surface area contributed by atoms with Crippen molar-refractivity contribution in [3.63, 3.8) is 0 Å². The highest BCUT2D eigenvalue weighted by atomic mass is 32.2. The summed E-state index contributed by atoms with van der Waals surface area (Å²) < 4.78 is 31.5. The van der Waals surface area contributed by atoms with E-state index in [2.05, 4.69) is 0 Å². The monoisotopic (exact) mass is 434 g/mol. The number of rotatable bonds is 12. The summed E-state index contributed by atoms with van der Waals surface area (Å²) in [6, 6.07) is 15.3. The van der Waals surface area contributed by atoms with Crippen molar-refractivity contribution in [3.8, 4) is 5.75 Å². The van der Waals surface area contributed by atoms with Gasteiger partial charge in [0, 0.05) is 0 Å². The van der Waals surface area contributed by atoms with Crippen molar-refractivity contribution in [1.29, 1.82) is 0 Å². The molecule has 30 heavy (non-hydrogen) atoms. The predicted octanol–water partition coefficient (Wildman–Crippen LogP) is 3.43. The first kappa shape index (κ1) is 23.4. The zero-order valence-electron chi connectivity index (χ0n) is 16.7. The van der Waals surface area contributed by atoms with Crippen molar-refractivity contribution in [2.24, 2.45) is 5.92 Å². The van der Waals surface area contributed by atoms with E-state index in [9.17, 15) is 23.1 Å². The van der Waals surface area contributed by atoms with Crippen LogP contribution in [0.2, 0.25) is 0 Å². The van der Waals surface area contributed by atoms with Crippen molar-refractivity contribution >= 4 is 21.8 Å². The second-order valence-electron chi connectivity index (χ2n) is 7.03. The summed E-state index contributed by atoms with van der Waals surface area (Å²) in [6.45, 7) is 0. The largest absolute Gasteiger partial charge is 0.497 e. The molecule has 0 radical (unpaired) electrons. The number of carboxylic acid groups (broad SMARTS) is 2. The van der Waals surface area contributed by atoms with Gasteiger partial charge in [-0.25, -0.2) is 8.42 Å². The number of ether oxygens (including phenoxy) is 1. The zero-order chi connectivity index (χ0) is 22.1. The second-order valence-corrected chi connectivity index (χ2v) is 9.20. The Morgan fingerprint density at radius 1 is 0.967 bits per heavy atom. The van der Waals surface area contributed by atoms with Crippen LogP contribution >= 0.6 is 0 Å². The van der Waals surface area contributed by atoms with E-state index < -0.39 is 39.4 Å². The molecule has 0 aliphatic rings. The molecule has 0 spiro atoms. The molecule has 0 fully saturated rings. The first-order chi connectivity index (χ1) is 14.3. The highest BCUT2D eigenvalue weighted by Gasteiger charge is 2.39. The normalized spacial score (nSPS) is 13.4. The number of methoxy groups -OCH3 is 1. The SMILES string of the molecule is COc1ccc(S(=O)(=O)C(CCCCc2ccccc2)C(CC(=O)O)C(=O)O)cc1. The maximum atomic E-state index is 13.2. The number of carbonyl (C=O) groups is 2. The summed E-state index contributed by atoms with van der Waals surface area (Å²) in [7, 11) is -2.61. The standard InChI is InChI=1S/C22H26O7S/c1-29-17-11-13-18(14-12-17)30(27,28)20(19(22(25)26)15-21(23)24)10-6-5-9-16-7-3-2-4-8-16/h2-4,7-8,11-14,19-20H,5-6,9-10,15H2,1H3,(H,23,24)(H,25,26). The number of sulfone groups is 1. The number of aryl methyl sites for hydroxylation is 1. The third-order valence-corrected chi connectivity index (χ3v) is 7.28. The van der Waals surface area contributed by atoms with Crippen molar-refractivity contribution in [2.75, 3.05) is 7.11 Å². The number of hydrogen-bond acceptors (Lipinski definition) is 5. The zero-order valence-corrected chi connectivity index (χ0v) is 17.5. The Morgan fingerprint density at radius 2 is 1.60 bits per heavy atom. The topological polar surface area (TPSA) is 118 Å². The molecule has 0 amide bonds. The molecule has 0 saturated carbocycles. The maximum Gasteiger partial charge on any atom is 0.308 e. The van der Waals surface area contributed by atoms with Gasteiger partial charge in [-0.1, -0.05) is 36.8 Å². The molecule has 2 N–H and O–H groups in total. The summed E-state index contributed by atoms with van der Waals surface area (Å²) in [5.74, 6) is -3.84. The minimum Gasteiger partial charge on any atom is -0.497 e. The molecule has 0 saturated heterocycles. The van der Waals surface area contributed by atoms with Crippen LogP contribution in [0.4, 0.5) is 0 Å². The van der Waals surface area contributed by atoms with E-state index in [1.54, 1.807) is 0 Å². The number of benzene rings is 2. The fraction of sp³-hybridized carbons (Fsp3) is 0.364. The quantitative estimate of drug-likeness (QED) is 0.491. The van der Waals surface area contributed by atoms with Crippen LogP contribution in [-0.2, 0) is 25.8 Å². The molecule has 0 bridgehead atoms.